The van der Waals surface area contributed by atoms with E-state index in [1.165, 1.54) is 38.5 Å². The van der Waals surface area contributed by atoms with Crippen molar-refractivity contribution in [2.75, 3.05) is 6.61 Å². The lowest BCUT2D eigenvalue weighted by atomic mass is 10.0. The van der Waals surface area contributed by atoms with E-state index in [-0.39, 0.29) is 6.10 Å². The van der Waals surface area contributed by atoms with Crippen LogP contribution in [0.3, 0.4) is 0 Å². The van der Waals surface area contributed by atoms with Crippen LogP contribution in [-0.4, -0.2) is 17.8 Å². The van der Waals surface area contributed by atoms with Gasteiger partial charge in [-0.25, -0.2) is 0 Å². The minimum Gasteiger partial charge on any atom is -0.493 e. The lowest BCUT2D eigenvalue weighted by molar-refractivity contribution is 0.170. The van der Waals surface area contributed by atoms with E-state index in [2.05, 4.69) is 12.1 Å². The normalized spacial score (nSPS) is 18.5. The van der Waals surface area contributed by atoms with Gasteiger partial charge in [0, 0.05) is 0 Å². The van der Waals surface area contributed by atoms with Crippen molar-refractivity contribution in [1.82, 2.24) is 0 Å². The molecule has 2 nitrogen and oxygen atoms in total. The van der Waals surface area contributed by atoms with Crippen molar-refractivity contribution in [1.29, 1.82) is 0 Å². The van der Waals surface area contributed by atoms with Crippen LogP contribution >= 0.6 is 0 Å². The highest BCUT2D eigenvalue weighted by Gasteiger charge is 2.13. The van der Waals surface area contributed by atoms with Crippen molar-refractivity contribution >= 4 is 0 Å². The van der Waals surface area contributed by atoms with Crippen LogP contribution in [0.4, 0.5) is 0 Å². The first kappa shape index (κ1) is 15.4. The van der Waals surface area contributed by atoms with E-state index in [9.17, 15) is 5.11 Å². The summed E-state index contributed by atoms with van der Waals surface area (Å²) < 4.78 is 5.98. The highest BCUT2D eigenvalue weighted by atomic mass is 16.5. The molecule has 1 saturated carbocycles. The van der Waals surface area contributed by atoms with Crippen molar-refractivity contribution in [2.45, 2.75) is 64.4 Å². The standard InChI is InChI=1S/C18H28O2/c1-2-17(19)12-16-10-7-11-18(13-16)20-14-15-8-5-3-4-6-9-15/h7,10-11,13,15,17,19H,2-6,8-9,12,14H2,1H3/t17-/m1/s1. The molecule has 2 rings (SSSR count). The summed E-state index contributed by atoms with van der Waals surface area (Å²) in [5, 5.41) is 9.73. The average Bonchev–Trinajstić information content (AvgIpc) is 2.74. The maximum Gasteiger partial charge on any atom is 0.119 e. The van der Waals surface area contributed by atoms with Gasteiger partial charge in [-0.3, -0.25) is 0 Å². The van der Waals surface area contributed by atoms with Gasteiger partial charge in [-0.15, -0.1) is 0 Å². The van der Waals surface area contributed by atoms with Gasteiger partial charge in [0.1, 0.15) is 5.75 Å². The summed E-state index contributed by atoms with van der Waals surface area (Å²) in [4.78, 5) is 0. The maximum atomic E-state index is 9.73. The molecule has 1 aromatic rings. The lowest BCUT2D eigenvalue weighted by Gasteiger charge is -2.16. The Balaban J connectivity index is 1.84. The molecule has 112 valence electrons. The number of hydrogen-bond donors (Lipinski definition) is 1. The summed E-state index contributed by atoms with van der Waals surface area (Å²) in [7, 11) is 0. The first-order valence-corrected chi connectivity index (χ1v) is 8.17. The van der Waals surface area contributed by atoms with Crippen molar-refractivity contribution in [3.8, 4) is 5.75 Å². The topological polar surface area (TPSA) is 29.5 Å². The number of aliphatic hydroxyl groups excluding tert-OH is 1. The highest BCUT2D eigenvalue weighted by Crippen LogP contribution is 2.24. The molecule has 1 aromatic carbocycles. The average molecular weight is 276 g/mol. The summed E-state index contributed by atoms with van der Waals surface area (Å²) >= 11 is 0. The summed E-state index contributed by atoms with van der Waals surface area (Å²) in [5.74, 6) is 1.68. The fourth-order valence-electron chi connectivity index (χ4n) is 2.92. The summed E-state index contributed by atoms with van der Waals surface area (Å²) in [6, 6.07) is 8.20. The van der Waals surface area contributed by atoms with E-state index >= 15 is 0 Å². The largest absolute Gasteiger partial charge is 0.493 e. The molecule has 0 spiro atoms. The van der Waals surface area contributed by atoms with Crippen LogP contribution in [0.2, 0.25) is 0 Å². The Bertz CT molecular complexity index is 381. The highest BCUT2D eigenvalue weighted by molar-refractivity contribution is 5.28. The third-order valence-electron chi connectivity index (χ3n) is 4.30. The van der Waals surface area contributed by atoms with Gasteiger partial charge in [-0.2, -0.15) is 0 Å². The van der Waals surface area contributed by atoms with Crippen molar-refractivity contribution in [3.63, 3.8) is 0 Å². The number of rotatable bonds is 6. The van der Waals surface area contributed by atoms with Crippen LogP contribution in [0.15, 0.2) is 24.3 Å². The molecule has 0 heterocycles. The van der Waals surface area contributed by atoms with E-state index in [0.29, 0.717) is 0 Å². The molecule has 20 heavy (non-hydrogen) atoms. The van der Waals surface area contributed by atoms with E-state index in [4.69, 9.17) is 4.74 Å². The third-order valence-corrected chi connectivity index (χ3v) is 4.30. The second-order valence-corrected chi connectivity index (χ2v) is 6.08. The van der Waals surface area contributed by atoms with Crippen LogP contribution < -0.4 is 4.74 Å². The van der Waals surface area contributed by atoms with Crippen molar-refractivity contribution in [2.24, 2.45) is 5.92 Å². The lowest BCUT2D eigenvalue weighted by Crippen LogP contribution is -2.12. The fraction of sp³-hybridized carbons (Fsp3) is 0.667. The molecule has 1 atom stereocenters. The number of hydrogen-bond acceptors (Lipinski definition) is 2. The van der Waals surface area contributed by atoms with Crippen LogP contribution in [0, 0.1) is 5.92 Å². The molecule has 0 radical (unpaired) electrons. The smallest absolute Gasteiger partial charge is 0.119 e. The summed E-state index contributed by atoms with van der Waals surface area (Å²) in [6.45, 7) is 2.86. The minimum atomic E-state index is -0.243. The van der Waals surface area contributed by atoms with Crippen LogP contribution in [-0.2, 0) is 6.42 Å². The zero-order valence-electron chi connectivity index (χ0n) is 12.7. The third kappa shape index (κ3) is 5.16. The van der Waals surface area contributed by atoms with Gasteiger partial charge in [-0.05, 0) is 49.3 Å². The van der Waals surface area contributed by atoms with Gasteiger partial charge in [0.05, 0.1) is 12.7 Å². The Labute approximate surface area is 123 Å². The Morgan fingerprint density at radius 3 is 2.65 bits per heavy atom. The SMILES string of the molecule is CC[C@@H](O)Cc1cccc(OCC2CCCCCC2)c1. The van der Waals surface area contributed by atoms with E-state index in [0.717, 1.165) is 36.7 Å². The second-order valence-electron chi connectivity index (χ2n) is 6.08. The summed E-state index contributed by atoms with van der Waals surface area (Å²) in [6.07, 6.45) is 9.40. The molecule has 0 saturated heterocycles. The summed E-state index contributed by atoms with van der Waals surface area (Å²) in [5.41, 5.74) is 1.16. The molecule has 0 aliphatic heterocycles. The monoisotopic (exact) mass is 276 g/mol. The van der Waals surface area contributed by atoms with Gasteiger partial charge in [-0.1, -0.05) is 44.7 Å². The zero-order valence-corrected chi connectivity index (χ0v) is 12.7. The van der Waals surface area contributed by atoms with Gasteiger partial charge in [0.25, 0.3) is 0 Å². The number of ether oxygens (including phenoxy) is 1. The minimum absolute atomic E-state index is 0.243. The van der Waals surface area contributed by atoms with Gasteiger partial charge in [0.2, 0.25) is 0 Å². The maximum absolute atomic E-state index is 9.73. The first-order valence-electron chi connectivity index (χ1n) is 8.17. The van der Waals surface area contributed by atoms with E-state index in [1.807, 2.05) is 19.1 Å². The Kier molecular flexibility index (Phi) is 6.38. The first-order chi connectivity index (χ1) is 9.78. The van der Waals surface area contributed by atoms with Crippen molar-refractivity contribution in [3.05, 3.63) is 29.8 Å². The second kappa shape index (κ2) is 8.31. The van der Waals surface area contributed by atoms with E-state index in [1.54, 1.807) is 0 Å². The van der Waals surface area contributed by atoms with Gasteiger partial charge < -0.3 is 9.84 Å². The molecule has 1 fully saturated rings. The van der Waals surface area contributed by atoms with Crippen LogP contribution in [0.25, 0.3) is 0 Å². The molecular weight excluding hydrogens is 248 g/mol. The molecule has 0 amide bonds. The predicted octanol–water partition coefficient (Wildman–Crippen LogP) is 4.35. The molecule has 1 N–H and O–H groups in total. The quantitative estimate of drug-likeness (QED) is 0.783. The molecule has 1 aliphatic rings. The van der Waals surface area contributed by atoms with Gasteiger partial charge in [0.15, 0.2) is 0 Å². The van der Waals surface area contributed by atoms with Crippen LogP contribution in [0.1, 0.15) is 57.4 Å². The number of aliphatic hydroxyl groups is 1. The van der Waals surface area contributed by atoms with E-state index < -0.39 is 0 Å². The van der Waals surface area contributed by atoms with Crippen LogP contribution in [0.5, 0.6) is 5.75 Å². The Morgan fingerprint density at radius 1 is 1.20 bits per heavy atom. The fourth-order valence-corrected chi connectivity index (χ4v) is 2.92. The Hall–Kier alpha value is -1.02. The molecule has 0 bridgehead atoms. The number of benzene rings is 1. The molecule has 2 heteroatoms. The van der Waals surface area contributed by atoms with Crippen molar-refractivity contribution < 1.29 is 9.84 Å². The molecule has 1 aliphatic carbocycles. The molecule has 0 aromatic heterocycles. The Morgan fingerprint density at radius 2 is 1.95 bits per heavy atom. The zero-order chi connectivity index (χ0) is 14.2. The van der Waals surface area contributed by atoms with Gasteiger partial charge >= 0.3 is 0 Å². The predicted molar refractivity (Wildman–Crippen MR) is 83.1 cm³/mol. The molecular formula is C18H28O2. The molecule has 0 unspecified atom stereocenters.